The van der Waals surface area contributed by atoms with Gasteiger partial charge in [0.1, 0.15) is 0 Å². The molecule has 0 spiro atoms. The molecule has 0 radical (unpaired) electrons. The van der Waals surface area contributed by atoms with Crippen molar-refractivity contribution in [3.05, 3.63) is 39.1 Å². The highest BCUT2D eigenvalue weighted by Crippen LogP contribution is 2.28. The first-order chi connectivity index (χ1) is 10.8. The second kappa shape index (κ2) is 7.44. The Morgan fingerprint density at radius 2 is 2.23 bits per heavy atom. The van der Waals surface area contributed by atoms with Crippen LogP contribution in [0.2, 0.25) is 0 Å². The van der Waals surface area contributed by atoms with Crippen LogP contribution in [-0.4, -0.2) is 29.8 Å². The number of anilines is 2. The molecule has 4 nitrogen and oxygen atoms in total. The summed E-state index contributed by atoms with van der Waals surface area (Å²) >= 11 is 5.23. The van der Waals surface area contributed by atoms with Crippen molar-refractivity contribution in [1.29, 1.82) is 0 Å². The average Bonchev–Trinajstić information content (AvgIpc) is 2.99. The van der Waals surface area contributed by atoms with Crippen molar-refractivity contribution in [2.24, 2.45) is 5.92 Å². The SMILES string of the molecule is OCC1CCN(c2ncccc2NCc2cc(Br)cs2)CC1. The summed E-state index contributed by atoms with van der Waals surface area (Å²) < 4.78 is 1.13. The van der Waals surface area contributed by atoms with Gasteiger partial charge in [0.05, 0.1) is 5.69 Å². The third-order valence-corrected chi connectivity index (χ3v) is 5.73. The van der Waals surface area contributed by atoms with E-state index in [9.17, 15) is 5.11 Å². The maximum atomic E-state index is 9.27. The molecule has 0 aliphatic carbocycles. The molecule has 0 bridgehead atoms. The largest absolute Gasteiger partial charge is 0.396 e. The van der Waals surface area contributed by atoms with Crippen molar-refractivity contribution in [2.75, 3.05) is 29.9 Å². The summed E-state index contributed by atoms with van der Waals surface area (Å²) in [5.74, 6) is 1.47. The molecule has 22 heavy (non-hydrogen) atoms. The minimum Gasteiger partial charge on any atom is -0.396 e. The van der Waals surface area contributed by atoms with E-state index in [1.54, 1.807) is 11.3 Å². The van der Waals surface area contributed by atoms with E-state index in [1.165, 1.54) is 4.88 Å². The van der Waals surface area contributed by atoms with Crippen LogP contribution in [0.15, 0.2) is 34.2 Å². The topological polar surface area (TPSA) is 48.4 Å². The molecular weight excluding hydrogens is 362 g/mol. The molecule has 6 heteroatoms. The van der Waals surface area contributed by atoms with Crippen molar-refractivity contribution in [1.82, 2.24) is 4.98 Å². The summed E-state index contributed by atoms with van der Waals surface area (Å²) in [5, 5.41) is 14.9. The Kier molecular flexibility index (Phi) is 5.33. The molecule has 3 rings (SSSR count). The molecule has 3 heterocycles. The van der Waals surface area contributed by atoms with Gasteiger partial charge < -0.3 is 15.3 Å². The Morgan fingerprint density at radius 3 is 2.91 bits per heavy atom. The molecule has 2 aromatic heterocycles. The van der Waals surface area contributed by atoms with E-state index in [1.807, 2.05) is 12.3 Å². The van der Waals surface area contributed by atoms with Gasteiger partial charge in [-0.1, -0.05) is 0 Å². The summed E-state index contributed by atoms with van der Waals surface area (Å²) in [4.78, 5) is 8.18. The molecule has 0 atom stereocenters. The van der Waals surface area contributed by atoms with Gasteiger partial charge in [0.15, 0.2) is 5.82 Å². The number of aliphatic hydroxyl groups is 1. The van der Waals surface area contributed by atoms with E-state index in [4.69, 9.17) is 0 Å². The number of hydrogen-bond donors (Lipinski definition) is 2. The van der Waals surface area contributed by atoms with Gasteiger partial charge in [0, 0.05) is 47.2 Å². The Balaban J connectivity index is 1.67. The molecule has 2 N–H and O–H groups in total. The average molecular weight is 382 g/mol. The Bertz CT molecular complexity index is 611. The zero-order valence-electron chi connectivity index (χ0n) is 12.3. The minimum absolute atomic E-state index is 0.300. The van der Waals surface area contributed by atoms with Crippen molar-refractivity contribution < 1.29 is 5.11 Å². The number of aromatic nitrogens is 1. The standard InChI is InChI=1S/C16H20BrN3OS/c17-13-8-14(22-11-13)9-19-15-2-1-5-18-16(15)20-6-3-12(10-21)4-7-20/h1-2,5,8,11-12,19,21H,3-4,6-7,9-10H2. The van der Waals surface area contributed by atoms with Crippen LogP contribution in [-0.2, 0) is 6.54 Å². The normalized spacial score (nSPS) is 16.0. The van der Waals surface area contributed by atoms with E-state index < -0.39 is 0 Å². The molecule has 0 aromatic carbocycles. The lowest BCUT2D eigenvalue weighted by molar-refractivity contribution is 0.203. The Hall–Kier alpha value is -1.11. The number of halogens is 1. The zero-order valence-corrected chi connectivity index (χ0v) is 14.7. The van der Waals surface area contributed by atoms with Crippen LogP contribution in [0.5, 0.6) is 0 Å². The molecule has 1 aliphatic heterocycles. The molecule has 1 saturated heterocycles. The van der Waals surface area contributed by atoms with Crippen LogP contribution < -0.4 is 10.2 Å². The number of hydrogen-bond acceptors (Lipinski definition) is 5. The summed E-state index contributed by atoms with van der Waals surface area (Å²) in [6.07, 6.45) is 3.91. The Labute approximate surface area is 143 Å². The molecule has 118 valence electrons. The molecule has 2 aromatic rings. The highest BCUT2D eigenvalue weighted by molar-refractivity contribution is 9.10. The lowest BCUT2D eigenvalue weighted by atomic mass is 9.98. The van der Waals surface area contributed by atoms with E-state index in [0.717, 1.165) is 48.5 Å². The zero-order chi connectivity index (χ0) is 15.4. The predicted molar refractivity (Wildman–Crippen MR) is 95.6 cm³/mol. The number of thiophene rings is 1. The van der Waals surface area contributed by atoms with E-state index >= 15 is 0 Å². The molecule has 0 amide bonds. The highest BCUT2D eigenvalue weighted by Gasteiger charge is 2.21. The molecular formula is C16H20BrN3OS. The highest BCUT2D eigenvalue weighted by atomic mass is 79.9. The molecule has 1 fully saturated rings. The number of pyridine rings is 1. The maximum Gasteiger partial charge on any atom is 0.151 e. The smallest absolute Gasteiger partial charge is 0.151 e. The Morgan fingerprint density at radius 1 is 1.41 bits per heavy atom. The summed E-state index contributed by atoms with van der Waals surface area (Å²) in [6.45, 7) is 3.03. The number of piperidine rings is 1. The first-order valence-corrected chi connectivity index (χ1v) is 9.21. The number of aliphatic hydroxyl groups excluding tert-OH is 1. The maximum absolute atomic E-state index is 9.27. The van der Waals surface area contributed by atoms with Gasteiger partial charge in [0.25, 0.3) is 0 Å². The molecule has 0 unspecified atom stereocenters. The first kappa shape index (κ1) is 15.8. The van der Waals surface area contributed by atoms with Crippen molar-refractivity contribution >= 4 is 38.8 Å². The van der Waals surface area contributed by atoms with Crippen molar-refractivity contribution in [3.63, 3.8) is 0 Å². The fourth-order valence-corrected chi connectivity index (χ4v) is 4.13. The van der Waals surface area contributed by atoms with Gasteiger partial charge in [0.2, 0.25) is 0 Å². The first-order valence-electron chi connectivity index (χ1n) is 7.54. The van der Waals surface area contributed by atoms with Crippen LogP contribution in [0.25, 0.3) is 0 Å². The van der Waals surface area contributed by atoms with Gasteiger partial charge in [-0.25, -0.2) is 4.98 Å². The van der Waals surface area contributed by atoms with E-state index in [2.05, 4.69) is 48.6 Å². The quantitative estimate of drug-likeness (QED) is 0.828. The second-order valence-corrected chi connectivity index (χ2v) is 7.48. The van der Waals surface area contributed by atoms with Gasteiger partial charge in [-0.05, 0) is 52.9 Å². The van der Waals surface area contributed by atoms with Gasteiger partial charge in [-0.15, -0.1) is 11.3 Å². The van der Waals surface area contributed by atoms with E-state index in [-0.39, 0.29) is 0 Å². The number of nitrogens with zero attached hydrogens (tertiary/aromatic N) is 2. The van der Waals surface area contributed by atoms with Crippen molar-refractivity contribution in [2.45, 2.75) is 19.4 Å². The summed E-state index contributed by atoms with van der Waals surface area (Å²) in [6, 6.07) is 6.19. The van der Waals surface area contributed by atoms with Gasteiger partial charge in [-0.2, -0.15) is 0 Å². The van der Waals surface area contributed by atoms with Crippen LogP contribution in [0.4, 0.5) is 11.5 Å². The lowest BCUT2D eigenvalue weighted by Gasteiger charge is -2.33. The summed E-state index contributed by atoms with van der Waals surface area (Å²) in [7, 11) is 0. The fraction of sp³-hybridized carbons (Fsp3) is 0.438. The van der Waals surface area contributed by atoms with E-state index in [0.29, 0.717) is 12.5 Å². The van der Waals surface area contributed by atoms with Crippen LogP contribution in [0, 0.1) is 5.92 Å². The number of nitrogens with one attached hydrogen (secondary N) is 1. The van der Waals surface area contributed by atoms with Crippen LogP contribution >= 0.6 is 27.3 Å². The third-order valence-electron chi connectivity index (χ3n) is 4.03. The summed E-state index contributed by atoms with van der Waals surface area (Å²) in [5.41, 5.74) is 1.08. The molecule has 0 saturated carbocycles. The fourth-order valence-electron chi connectivity index (χ4n) is 2.74. The van der Waals surface area contributed by atoms with Crippen LogP contribution in [0.3, 0.4) is 0 Å². The third kappa shape index (κ3) is 3.80. The van der Waals surface area contributed by atoms with Gasteiger partial charge >= 0.3 is 0 Å². The number of rotatable bonds is 5. The predicted octanol–water partition coefficient (Wildman–Crippen LogP) is 3.73. The minimum atomic E-state index is 0.300. The molecule has 1 aliphatic rings. The van der Waals surface area contributed by atoms with Gasteiger partial charge in [-0.3, -0.25) is 0 Å². The van der Waals surface area contributed by atoms with Crippen LogP contribution in [0.1, 0.15) is 17.7 Å². The van der Waals surface area contributed by atoms with Crippen molar-refractivity contribution in [3.8, 4) is 0 Å². The monoisotopic (exact) mass is 381 g/mol. The lowest BCUT2D eigenvalue weighted by Crippen LogP contribution is -2.35. The second-order valence-electron chi connectivity index (χ2n) is 5.57.